The third-order valence-corrected chi connectivity index (χ3v) is 5.14. The Balaban J connectivity index is 1.54. The number of aromatic amines is 1. The molecule has 0 spiro atoms. The van der Waals surface area contributed by atoms with E-state index in [4.69, 9.17) is 0 Å². The molecular weight excluding hydrogens is 392 g/mol. The quantitative estimate of drug-likeness (QED) is 0.530. The largest absolute Gasteiger partial charge is 0.361 e. The number of pyridine rings is 1. The highest BCUT2D eigenvalue weighted by molar-refractivity contribution is 9.10. The first kappa shape index (κ1) is 16.8. The molecule has 0 saturated carbocycles. The van der Waals surface area contributed by atoms with Crippen LogP contribution in [0.1, 0.15) is 27.3 Å². The van der Waals surface area contributed by atoms with Crippen molar-refractivity contribution in [3.8, 4) is 0 Å². The molecule has 132 valence electrons. The van der Waals surface area contributed by atoms with Crippen LogP contribution >= 0.6 is 15.9 Å². The third kappa shape index (κ3) is 2.90. The molecule has 3 heterocycles. The number of hydrogen-bond acceptors (Lipinski definition) is 2. The van der Waals surface area contributed by atoms with E-state index in [1.54, 1.807) is 0 Å². The summed E-state index contributed by atoms with van der Waals surface area (Å²) in [7, 11) is 0. The van der Waals surface area contributed by atoms with Crippen molar-refractivity contribution >= 4 is 38.4 Å². The summed E-state index contributed by atoms with van der Waals surface area (Å²) in [6, 6.07) is 10.2. The van der Waals surface area contributed by atoms with Gasteiger partial charge in [0.25, 0.3) is 5.91 Å². The van der Waals surface area contributed by atoms with E-state index < -0.39 is 0 Å². The molecule has 0 bridgehead atoms. The summed E-state index contributed by atoms with van der Waals surface area (Å²) in [4.78, 5) is 20.6. The van der Waals surface area contributed by atoms with Crippen LogP contribution in [-0.4, -0.2) is 26.8 Å². The van der Waals surface area contributed by atoms with E-state index in [9.17, 15) is 4.79 Å². The van der Waals surface area contributed by atoms with Gasteiger partial charge in [-0.1, -0.05) is 18.2 Å². The number of rotatable bonds is 4. The van der Waals surface area contributed by atoms with Crippen LogP contribution in [0.15, 0.2) is 47.2 Å². The molecule has 0 atom stereocenters. The van der Waals surface area contributed by atoms with E-state index in [1.807, 2.05) is 48.8 Å². The average Bonchev–Trinajstić information content (AvgIpc) is 3.16. The van der Waals surface area contributed by atoms with Gasteiger partial charge in [-0.15, -0.1) is 0 Å². The highest BCUT2D eigenvalue weighted by Crippen LogP contribution is 2.22. The second-order valence-corrected chi connectivity index (χ2v) is 7.32. The number of amides is 1. The molecule has 4 aromatic rings. The van der Waals surface area contributed by atoms with Gasteiger partial charge in [-0.25, -0.2) is 4.98 Å². The number of nitrogens with one attached hydrogen (secondary N) is 2. The van der Waals surface area contributed by atoms with Crippen LogP contribution in [0.25, 0.3) is 16.6 Å². The fraction of sp³-hybridized carbons (Fsp3) is 0.200. The van der Waals surface area contributed by atoms with Crippen LogP contribution < -0.4 is 5.32 Å². The number of benzene rings is 1. The van der Waals surface area contributed by atoms with Crippen LogP contribution in [0.5, 0.6) is 0 Å². The third-order valence-electron chi connectivity index (χ3n) is 4.56. The van der Waals surface area contributed by atoms with Crippen molar-refractivity contribution in [2.75, 3.05) is 6.54 Å². The van der Waals surface area contributed by atoms with Crippen LogP contribution in [-0.2, 0) is 6.42 Å². The number of para-hydroxylation sites is 1. The number of carbonyl (C=O) groups is 1. The van der Waals surface area contributed by atoms with E-state index in [0.29, 0.717) is 12.2 Å². The van der Waals surface area contributed by atoms with Crippen molar-refractivity contribution in [1.82, 2.24) is 19.7 Å². The second kappa shape index (κ2) is 6.61. The first-order valence-electron chi connectivity index (χ1n) is 8.52. The maximum atomic E-state index is 12.8. The number of aryl methyl sites for hydroxylation is 2. The molecule has 2 N–H and O–H groups in total. The number of halogens is 1. The van der Waals surface area contributed by atoms with E-state index in [0.717, 1.165) is 33.3 Å². The lowest BCUT2D eigenvalue weighted by molar-refractivity contribution is 0.0947. The predicted molar refractivity (Wildman–Crippen MR) is 107 cm³/mol. The van der Waals surface area contributed by atoms with Crippen molar-refractivity contribution in [1.29, 1.82) is 0 Å². The second-order valence-electron chi connectivity index (χ2n) is 6.47. The predicted octanol–water partition coefficient (Wildman–Crippen LogP) is 4.17. The molecule has 0 radical (unpaired) electrons. The Kier molecular flexibility index (Phi) is 4.28. The van der Waals surface area contributed by atoms with Gasteiger partial charge in [-0.3, -0.25) is 9.20 Å². The Labute approximate surface area is 159 Å². The van der Waals surface area contributed by atoms with E-state index in [2.05, 4.69) is 43.3 Å². The Morgan fingerprint density at radius 1 is 1.31 bits per heavy atom. The van der Waals surface area contributed by atoms with Gasteiger partial charge in [-0.05, 0) is 59.5 Å². The summed E-state index contributed by atoms with van der Waals surface area (Å²) < 4.78 is 2.74. The summed E-state index contributed by atoms with van der Waals surface area (Å²) in [5, 5.41) is 4.23. The highest BCUT2D eigenvalue weighted by atomic mass is 79.9. The van der Waals surface area contributed by atoms with E-state index >= 15 is 0 Å². The summed E-state index contributed by atoms with van der Waals surface area (Å²) in [5.41, 5.74) is 5.45. The van der Waals surface area contributed by atoms with Crippen molar-refractivity contribution in [3.63, 3.8) is 0 Å². The number of imidazole rings is 1. The van der Waals surface area contributed by atoms with Gasteiger partial charge < -0.3 is 10.3 Å². The number of nitrogens with zero attached hydrogens (tertiary/aromatic N) is 2. The van der Waals surface area contributed by atoms with Crippen LogP contribution in [0.4, 0.5) is 0 Å². The van der Waals surface area contributed by atoms with Gasteiger partial charge >= 0.3 is 0 Å². The van der Waals surface area contributed by atoms with Crippen molar-refractivity contribution in [2.24, 2.45) is 0 Å². The van der Waals surface area contributed by atoms with Gasteiger partial charge in [0.2, 0.25) is 0 Å². The number of fused-ring (bicyclic) bond motifs is 2. The minimum Gasteiger partial charge on any atom is -0.361 e. The molecule has 0 aliphatic heterocycles. The molecule has 6 heteroatoms. The number of aromatic nitrogens is 3. The number of H-pyrrole nitrogens is 1. The first-order valence-corrected chi connectivity index (χ1v) is 9.32. The highest BCUT2D eigenvalue weighted by Gasteiger charge is 2.18. The molecule has 0 aliphatic carbocycles. The Hall–Kier alpha value is -2.60. The fourth-order valence-corrected chi connectivity index (χ4v) is 3.99. The van der Waals surface area contributed by atoms with Crippen LogP contribution in [0.3, 0.4) is 0 Å². The zero-order chi connectivity index (χ0) is 18.3. The SMILES string of the molecule is Cc1cc(Br)c2nc(C)c(C(=O)NCCc3c[nH]c4ccccc34)n2c1. The van der Waals surface area contributed by atoms with Gasteiger partial charge in [0.15, 0.2) is 5.65 Å². The molecule has 0 saturated heterocycles. The molecule has 4 rings (SSSR count). The Bertz CT molecular complexity index is 1130. The lowest BCUT2D eigenvalue weighted by Gasteiger charge is -2.07. The molecule has 0 unspecified atom stereocenters. The van der Waals surface area contributed by atoms with Gasteiger partial charge in [0.1, 0.15) is 5.69 Å². The normalized spacial score (nSPS) is 11.3. The van der Waals surface area contributed by atoms with Gasteiger partial charge in [-0.2, -0.15) is 0 Å². The zero-order valence-corrected chi connectivity index (χ0v) is 16.2. The standard InChI is InChI=1S/C20H19BrN4O/c1-12-9-16(21)19-24-13(2)18(25(19)11-12)20(26)22-8-7-14-10-23-17-6-4-3-5-15(14)17/h3-6,9-11,23H,7-8H2,1-2H3,(H,22,26). The maximum absolute atomic E-state index is 12.8. The Morgan fingerprint density at radius 2 is 2.12 bits per heavy atom. The van der Waals surface area contributed by atoms with Crippen LogP contribution in [0.2, 0.25) is 0 Å². The fourth-order valence-electron chi connectivity index (χ4n) is 3.35. The summed E-state index contributed by atoms with van der Waals surface area (Å²) in [5.74, 6) is -0.104. The van der Waals surface area contributed by atoms with Crippen LogP contribution in [0, 0.1) is 13.8 Å². The van der Waals surface area contributed by atoms with Crippen molar-refractivity contribution < 1.29 is 4.79 Å². The lowest BCUT2D eigenvalue weighted by atomic mass is 10.1. The minimum absolute atomic E-state index is 0.104. The number of hydrogen-bond donors (Lipinski definition) is 2. The molecule has 5 nitrogen and oxygen atoms in total. The maximum Gasteiger partial charge on any atom is 0.270 e. The van der Waals surface area contributed by atoms with Crippen molar-refractivity contribution in [3.05, 3.63) is 69.7 Å². The topological polar surface area (TPSA) is 62.2 Å². The molecule has 3 aromatic heterocycles. The van der Waals surface area contributed by atoms with Crippen molar-refractivity contribution in [2.45, 2.75) is 20.3 Å². The summed E-state index contributed by atoms with van der Waals surface area (Å²) in [6.07, 6.45) is 4.72. The molecule has 26 heavy (non-hydrogen) atoms. The Morgan fingerprint density at radius 3 is 2.96 bits per heavy atom. The zero-order valence-electron chi connectivity index (χ0n) is 14.6. The monoisotopic (exact) mass is 410 g/mol. The molecule has 1 aromatic carbocycles. The van der Waals surface area contributed by atoms with E-state index in [-0.39, 0.29) is 5.91 Å². The van der Waals surface area contributed by atoms with Gasteiger partial charge in [0, 0.05) is 29.8 Å². The molecule has 0 aliphatic rings. The summed E-state index contributed by atoms with van der Waals surface area (Å²) in [6.45, 7) is 4.43. The first-order chi connectivity index (χ1) is 12.5. The molecular formula is C20H19BrN4O. The smallest absolute Gasteiger partial charge is 0.270 e. The minimum atomic E-state index is -0.104. The lowest BCUT2D eigenvalue weighted by Crippen LogP contribution is -2.27. The van der Waals surface area contributed by atoms with E-state index in [1.165, 1.54) is 10.9 Å². The average molecular weight is 411 g/mol. The summed E-state index contributed by atoms with van der Waals surface area (Å²) >= 11 is 3.53. The molecule has 1 amide bonds. The number of carbonyl (C=O) groups excluding carboxylic acids is 1. The molecule has 0 fully saturated rings. The van der Waals surface area contributed by atoms with Gasteiger partial charge in [0.05, 0.1) is 10.2 Å².